The summed E-state index contributed by atoms with van der Waals surface area (Å²) in [6.45, 7) is 0. The Bertz CT molecular complexity index is 579. The van der Waals surface area contributed by atoms with Gasteiger partial charge in [0.1, 0.15) is 11.6 Å². The van der Waals surface area contributed by atoms with Crippen LogP contribution in [0.25, 0.3) is 0 Å². The summed E-state index contributed by atoms with van der Waals surface area (Å²) in [5, 5.41) is 2.38. The number of hydrogen-bond acceptors (Lipinski definition) is 2. The van der Waals surface area contributed by atoms with Gasteiger partial charge in [0.25, 0.3) is 5.91 Å². The number of nitrogens with one attached hydrogen (secondary N) is 1. The van der Waals surface area contributed by atoms with Crippen molar-refractivity contribution in [1.29, 1.82) is 0 Å². The third kappa shape index (κ3) is 2.63. The number of hydrogen-bond donors (Lipinski definition) is 2. The van der Waals surface area contributed by atoms with Gasteiger partial charge in [-0.1, -0.05) is 12.1 Å². The van der Waals surface area contributed by atoms with Crippen molar-refractivity contribution in [2.75, 3.05) is 11.1 Å². The molecule has 2 aromatic carbocycles. The van der Waals surface area contributed by atoms with E-state index in [1.807, 2.05) is 0 Å². The molecule has 2 aromatic rings. The van der Waals surface area contributed by atoms with E-state index in [1.54, 1.807) is 0 Å². The second-order valence-corrected chi connectivity index (χ2v) is 3.71. The Morgan fingerprint density at radius 1 is 1.11 bits per heavy atom. The van der Waals surface area contributed by atoms with Crippen molar-refractivity contribution in [1.82, 2.24) is 0 Å². The predicted octanol–water partition coefficient (Wildman–Crippen LogP) is 2.80. The maximum absolute atomic E-state index is 13.3. The lowest BCUT2D eigenvalue weighted by Crippen LogP contribution is -2.13. The highest BCUT2D eigenvalue weighted by Gasteiger charge is 2.11. The highest BCUT2D eigenvalue weighted by Crippen LogP contribution is 2.17. The Labute approximate surface area is 102 Å². The van der Waals surface area contributed by atoms with Gasteiger partial charge in [-0.25, -0.2) is 8.78 Å². The maximum atomic E-state index is 13.3. The Morgan fingerprint density at radius 2 is 1.83 bits per heavy atom. The van der Waals surface area contributed by atoms with Gasteiger partial charge >= 0.3 is 0 Å². The lowest BCUT2D eigenvalue weighted by atomic mass is 10.2. The van der Waals surface area contributed by atoms with E-state index in [0.29, 0.717) is 0 Å². The van der Waals surface area contributed by atoms with E-state index in [4.69, 9.17) is 5.73 Å². The van der Waals surface area contributed by atoms with Crippen LogP contribution in [0.3, 0.4) is 0 Å². The zero-order valence-corrected chi connectivity index (χ0v) is 9.28. The number of rotatable bonds is 2. The van der Waals surface area contributed by atoms with Crippen LogP contribution in [0, 0.1) is 11.6 Å². The number of amides is 1. The maximum Gasteiger partial charge on any atom is 0.258 e. The standard InChI is InChI=1S/C13H10F2N2O/c14-8-5-9(16)7-10(6-8)17-13(18)11-3-1-2-4-12(11)15/h1-7H,16H2,(H,17,18). The highest BCUT2D eigenvalue weighted by atomic mass is 19.1. The minimum Gasteiger partial charge on any atom is -0.399 e. The van der Waals surface area contributed by atoms with Crippen molar-refractivity contribution in [3.63, 3.8) is 0 Å². The molecule has 5 heteroatoms. The molecule has 2 rings (SSSR count). The Balaban J connectivity index is 2.24. The number of benzene rings is 2. The Kier molecular flexibility index (Phi) is 3.23. The van der Waals surface area contributed by atoms with E-state index in [1.165, 1.54) is 30.3 Å². The number of carbonyl (C=O) groups is 1. The molecule has 0 bridgehead atoms. The molecule has 3 nitrogen and oxygen atoms in total. The van der Waals surface area contributed by atoms with Gasteiger partial charge in [-0.3, -0.25) is 4.79 Å². The molecule has 0 saturated carbocycles. The molecule has 0 aliphatic heterocycles. The monoisotopic (exact) mass is 248 g/mol. The molecular formula is C13H10F2N2O. The average Bonchev–Trinajstić information content (AvgIpc) is 2.27. The molecule has 0 spiro atoms. The summed E-state index contributed by atoms with van der Waals surface area (Å²) in [6.07, 6.45) is 0. The molecule has 92 valence electrons. The van der Waals surface area contributed by atoms with Crippen LogP contribution in [-0.4, -0.2) is 5.91 Å². The van der Waals surface area contributed by atoms with E-state index < -0.39 is 17.5 Å². The van der Waals surface area contributed by atoms with Crippen LogP contribution in [0.1, 0.15) is 10.4 Å². The lowest BCUT2D eigenvalue weighted by Gasteiger charge is -2.07. The van der Waals surface area contributed by atoms with Crippen LogP contribution in [0.15, 0.2) is 42.5 Å². The fraction of sp³-hybridized carbons (Fsp3) is 0. The first-order valence-electron chi connectivity index (χ1n) is 5.18. The van der Waals surface area contributed by atoms with Gasteiger partial charge in [0.2, 0.25) is 0 Å². The van der Waals surface area contributed by atoms with Gasteiger partial charge < -0.3 is 11.1 Å². The van der Waals surface area contributed by atoms with Crippen molar-refractivity contribution in [2.24, 2.45) is 0 Å². The third-order valence-corrected chi connectivity index (χ3v) is 2.30. The van der Waals surface area contributed by atoms with Crippen molar-refractivity contribution in [3.8, 4) is 0 Å². The summed E-state index contributed by atoms with van der Waals surface area (Å²) in [6, 6.07) is 9.15. The van der Waals surface area contributed by atoms with E-state index >= 15 is 0 Å². The SMILES string of the molecule is Nc1cc(F)cc(NC(=O)c2ccccc2F)c1. The Hall–Kier alpha value is -2.43. The Morgan fingerprint density at radius 3 is 2.50 bits per heavy atom. The zero-order chi connectivity index (χ0) is 13.1. The number of nitrogen functional groups attached to an aromatic ring is 1. The molecule has 1 amide bonds. The van der Waals surface area contributed by atoms with Gasteiger partial charge in [-0.2, -0.15) is 0 Å². The molecule has 0 unspecified atom stereocenters. The van der Waals surface area contributed by atoms with Crippen LogP contribution in [0.4, 0.5) is 20.2 Å². The number of nitrogens with two attached hydrogens (primary N) is 1. The van der Waals surface area contributed by atoms with Crippen molar-refractivity contribution >= 4 is 17.3 Å². The van der Waals surface area contributed by atoms with Crippen molar-refractivity contribution < 1.29 is 13.6 Å². The second kappa shape index (κ2) is 4.83. The summed E-state index contributed by atoms with van der Waals surface area (Å²) in [4.78, 5) is 11.7. The minimum absolute atomic E-state index is 0.111. The molecule has 18 heavy (non-hydrogen) atoms. The molecule has 0 fully saturated rings. The predicted molar refractivity (Wildman–Crippen MR) is 65.2 cm³/mol. The number of halogens is 2. The third-order valence-electron chi connectivity index (χ3n) is 2.30. The fourth-order valence-corrected chi connectivity index (χ4v) is 1.53. The van der Waals surface area contributed by atoms with Crippen molar-refractivity contribution in [3.05, 3.63) is 59.7 Å². The summed E-state index contributed by atoms with van der Waals surface area (Å²) >= 11 is 0. The smallest absolute Gasteiger partial charge is 0.258 e. The molecule has 0 atom stereocenters. The second-order valence-electron chi connectivity index (χ2n) is 3.71. The molecule has 0 aliphatic carbocycles. The zero-order valence-electron chi connectivity index (χ0n) is 9.28. The van der Waals surface area contributed by atoms with E-state index in [-0.39, 0.29) is 16.9 Å². The molecule has 0 heterocycles. The number of anilines is 2. The van der Waals surface area contributed by atoms with Crippen LogP contribution < -0.4 is 11.1 Å². The van der Waals surface area contributed by atoms with Crippen LogP contribution in [-0.2, 0) is 0 Å². The first-order chi connectivity index (χ1) is 8.56. The van der Waals surface area contributed by atoms with Gasteiger partial charge in [0, 0.05) is 11.4 Å². The van der Waals surface area contributed by atoms with Gasteiger partial charge in [0.05, 0.1) is 5.56 Å². The largest absolute Gasteiger partial charge is 0.399 e. The molecule has 0 aromatic heterocycles. The highest BCUT2D eigenvalue weighted by molar-refractivity contribution is 6.04. The summed E-state index contributed by atoms with van der Waals surface area (Å²) in [5.41, 5.74) is 5.69. The van der Waals surface area contributed by atoms with Crippen LogP contribution in [0.5, 0.6) is 0 Å². The summed E-state index contributed by atoms with van der Waals surface area (Å²) < 4.78 is 26.4. The van der Waals surface area contributed by atoms with E-state index in [2.05, 4.69) is 5.32 Å². The first-order valence-corrected chi connectivity index (χ1v) is 5.18. The normalized spacial score (nSPS) is 10.1. The van der Waals surface area contributed by atoms with E-state index in [0.717, 1.165) is 12.1 Å². The quantitative estimate of drug-likeness (QED) is 0.803. The first kappa shape index (κ1) is 12.0. The van der Waals surface area contributed by atoms with Gasteiger partial charge in [-0.15, -0.1) is 0 Å². The fourth-order valence-electron chi connectivity index (χ4n) is 1.53. The number of carbonyl (C=O) groups excluding carboxylic acids is 1. The van der Waals surface area contributed by atoms with Crippen molar-refractivity contribution in [2.45, 2.75) is 0 Å². The average molecular weight is 248 g/mol. The molecule has 3 N–H and O–H groups in total. The van der Waals surface area contributed by atoms with Gasteiger partial charge in [-0.05, 0) is 30.3 Å². The molecule has 0 radical (unpaired) electrons. The molecule has 0 aliphatic rings. The molecular weight excluding hydrogens is 238 g/mol. The topological polar surface area (TPSA) is 55.1 Å². The van der Waals surface area contributed by atoms with Crippen LogP contribution >= 0.6 is 0 Å². The molecule has 0 saturated heterocycles. The summed E-state index contributed by atoms with van der Waals surface area (Å²) in [7, 11) is 0. The van der Waals surface area contributed by atoms with E-state index in [9.17, 15) is 13.6 Å². The van der Waals surface area contributed by atoms with Gasteiger partial charge in [0.15, 0.2) is 0 Å². The lowest BCUT2D eigenvalue weighted by molar-refractivity contribution is 0.102. The summed E-state index contributed by atoms with van der Waals surface area (Å²) in [5.74, 6) is -1.86. The van der Waals surface area contributed by atoms with Crippen LogP contribution in [0.2, 0.25) is 0 Å². The minimum atomic E-state index is -0.655.